The predicted octanol–water partition coefficient (Wildman–Crippen LogP) is 4.89. The van der Waals surface area contributed by atoms with Crippen LogP contribution < -0.4 is 5.32 Å². The zero-order chi connectivity index (χ0) is 15.2. The van der Waals surface area contributed by atoms with Crippen molar-refractivity contribution in [3.05, 3.63) is 69.7 Å². The van der Waals surface area contributed by atoms with Crippen LogP contribution in [0.25, 0.3) is 0 Å². The van der Waals surface area contributed by atoms with E-state index >= 15 is 0 Å². The molecule has 0 fully saturated rings. The number of likely N-dealkylation sites (N-methyl/N-ethyl adjacent to an activating group) is 1. The molecule has 0 amide bonds. The van der Waals surface area contributed by atoms with Crippen molar-refractivity contribution in [2.75, 3.05) is 13.1 Å². The number of rotatable bonds is 6. The molecule has 0 aliphatic heterocycles. The molecule has 2 heteroatoms. The molecule has 112 valence electrons. The standard InChI is InChI=1S/C19H24ClN/c1-4-21-13-17(18-8-6-5-7-15(18)3)12-16-10-9-14(2)11-19(16)20/h5-11,17,21H,4,12-13H2,1-3H3. The van der Waals surface area contributed by atoms with E-state index in [9.17, 15) is 0 Å². The SMILES string of the molecule is CCNCC(Cc1ccc(C)cc1Cl)c1ccccc1C. The maximum atomic E-state index is 6.41. The lowest BCUT2D eigenvalue weighted by Crippen LogP contribution is -2.23. The van der Waals surface area contributed by atoms with Crippen molar-refractivity contribution in [1.29, 1.82) is 0 Å². The van der Waals surface area contributed by atoms with Crippen LogP contribution in [0.4, 0.5) is 0 Å². The summed E-state index contributed by atoms with van der Waals surface area (Å²) in [6, 6.07) is 15.0. The van der Waals surface area contributed by atoms with Gasteiger partial charge in [0.15, 0.2) is 0 Å². The van der Waals surface area contributed by atoms with Gasteiger partial charge in [-0.25, -0.2) is 0 Å². The lowest BCUT2D eigenvalue weighted by atomic mass is 9.89. The molecule has 0 saturated heterocycles. The van der Waals surface area contributed by atoms with E-state index in [1.54, 1.807) is 0 Å². The minimum absolute atomic E-state index is 0.450. The summed E-state index contributed by atoms with van der Waals surface area (Å²) in [6.45, 7) is 8.38. The Bertz CT molecular complexity index is 592. The summed E-state index contributed by atoms with van der Waals surface area (Å²) in [4.78, 5) is 0. The Kier molecular flexibility index (Phi) is 5.84. The van der Waals surface area contributed by atoms with Crippen molar-refractivity contribution < 1.29 is 0 Å². The number of nitrogens with one attached hydrogen (secondary N) is 1. The van der Waals surface area contributed by atoms with E-state index in [4.69, 9.17) is 11.6 Å². The van der Waals surface area contributed by atoms with Crippen LogP contribution in [0, 0.1) is 13.8 Å². The molecule has 2 rings (SSSR count). The molecule has 1 atom stereocenters. The predicted molar refractivity (Wildman–Crippen MR) is 92.4 cm³/mol. The molecule has 0 aliphatic rings. The number of halogens is 1. The Hall–Kier alpha value is -1.31. The molecule has 0 bridgehead atoms. The zero-order valence-corrected chi connectivity index (χ0v) is 13.9. The summed E-state index contributed by atoms with van der Waals surface area (Å²) >= 11 is 6.41. The number of hydrogen-bond donors (Lipinski definition) is 1. The molecule has 0 radical (unpaired) electrons. The normalized spacial score (nSPS) is 12.4. The first-order valence-electron chi connectivity index (χ1n) is 7.63. The quantitative estimate of drug-likeness (QED) is 0.801. The van der Waals surface area contributed by atoms with Crippen LogP contribution in [0.2, 0.25) is 5.02 Å². The van der Waals surface area contributed by atoms with Crippen molar-refractivity contribution in [3.8, 4) is 0 Å². The van der Waals surface area contributed by atoms with E-state index in [1.165, 1.54) is 22.3 Å². The summed E-state index contributed by atoms with van der Waals surface area (Å²) in [7, 11) is 0. The van der Waals surface area contributed by atoms with Crippen molar-refractivity contribution in [2.45, 2.75) is 33.1 Å². The average molecular weight is 302 g/mol. The molecule has 21 heavy (non-hydrogen) atoms. The van der Waals surface area contributed by atoms with Gasteiger partial charge in [0, 0.05) is 17.5 Å². The fourth-order valence-corrected chi connectivity index (χ4v) is 3.05. The third-order valence-electron chi connectivity index (χ3n) is 3.94. The molecule has 0 saturated carbocycles. The van der Waals surface area contributed by atoms with E-state index < -0.39 is 0 Å². The van der Waals surface area contributed by atoms with E-state index in [-0.39, 0.29) is 0 Å². The van der Waals surface area contributed by atoms with Crippen molar-refractivity contribution in [2.24, 2.45) is 0 Å². The molecule has 0 spiro atoms. The van der Waals surface area contributed by atoms with Crippen LogP contribution in [0.3, 0.4) is 0 Å². The van der Waals surface area contributed by atoms with Gasteiger partial charge >= 0.3 is 0 Å². The topological polar surface area (TPSA) is 12.0 Å². The zero-order valence-electron chi connectivity index (χ0n) is 13.1. The molecule has 0 aliphatic carbocycles. The Morgan fingerprint density at radius 2 is 1.86 bits per heavy atom. The minimum Gasteiger partial charge on any atom is -0.316 e. The van der Waals surface area contributed by atoms with Gasteiger partial charge in [0.05, 0.1) is 0 Å². The molecular weight excluding hydrogens is 278 g/mol. The molecule has 0 aromatic heterocycles. The van der Waals surface area contributed by atoms with Crippen LogP contribution >= 0.6 is 11.6 Å². The van der Waals surface area contributed by atoms with Crippen LogP contribution in [0.15, 0.2) is 42.5 Å². The van der Waals surface area contributed by atoms with E-state index in [2.05, 4.69) is 68.6 Å². The maximum absolute atomic E-state index is 6.41. The molecule has 1 unspecified atom stereocenters. The molecular formula is C19H24ClN. The van der Waals surface area contributed by atoms with Gasteiger partial charge in [-0.05, 0) is 55.1 Å². The summed E-state index contributed by atoms with van der Waals surface area (Å²) in [5.41, 5.74) is 5.20. The van der Waals surface area contributed by atoms with Gasteiger partial charge in [0.1, 0.15) is 0 Å². The maximum Gasteiger partial charge on any atom is 0.0440 e. The number of hydrogen-bond acceptors (Lipinski definition) is 1. The third-order valence-corrected chi connectivity index (χ3v) is 4.30. The molecule has 2 aromatic rings. The number of benzene rings is 2. The van der Waals surface area contributed by atoms with Gasteiger partial charge in [0.2, 0.25) is 0 Å². The Morgan fingerprint density at radius 3 is 2.52 bits per heavy atom. The highest BCUT2D eigenvalue weighted by Gasteiger charge is 2.15. The van der Waals surface area contributed by atoms with Gasteiger partial charge in [-0.1, -0.05) is 54.9 Å². The van der Waals surface area contributed by atoms with Gasteiger partial charge < -0.3 is 5.32 Å². The van der Waals surface area contributed by atoms with Crippen LogP contribution in [-0.4, -0.2) is 13.1 Å². The summed E-state index contributed by atoms with van der Waals surface area (Å²) < 4.78 is 0. The molecule has 1 nitrogen and oxygen atoms in total. The Labute approximate surface area is 133 Å². The lowest BCUT2D eigenvalue weighted by Gasteiger charge is -2.21. The second kappa shape index (κ2) is 7.63. The second-order valence-corrected chi connectivity index (χ2v) is 6.07. The first kappa shape index (κ1) is 16.1. The highest BCUT2D eigenvalue weighted by Crippen LogP contribution is 2.27. The summed E-state index contributed by atoms with van der Waals surface area (Å²) in [5, 5.41) is 4.36. The molecule has 2 aromatic carbocycles. The van der Waals surface area contributed by atoms with Crippen LogP contribution in [0.1, 0.15) is 35.1 Å². The van der Waals surface area contributed by atoms with E-state index in [0.29, 0.717) is 5.92 Å². The van der Waals surface area contributed by atoms with Crippen LogP contribution in [-0.2, 0) is 6.42 Å². The smallest absolute Gasteiger partial charge is 0.0440 e. The van der Waals surface area contributed by atoms with Gasteiger partial charge in [0.25, 0.3) is 0 Å². The number of aryl methyl sites for hydroxylation is 2. The highest BCUT2D eigenvalue weighted by molar-refractivity contribution is 6.31. The Balaban J connectivity index is 2.26. The molecule has 0 heterocycles. The van der Waals surface area contributed by atoms with Crippen molar-refractivity contribution in [3.63, 3.8) is 0 Å². The highest BCUT2D eigenvalue weighted by atomic mass is 35.5. The van der Waals surface area contributed by atoms with Gasteiger partial charge in [-0.15, -0.1) is 0 Å². The van der Waals surface area contributed by atoms with E-state index in [1.807, 2.05) is 0 Å². The molecule has 1 N–H and O–H groups in total. The lowest BCUT2D eigenvalue weighted by molar-refractivity contribution is 0.592. The average Bonchev–Trinajstić information content (AvgIpc) is 2.46. The first-order chi connectivity index (χ1) is 10.1. The minimum atomic E-state index is 0.450. The largest absolute Gasteiger partial charge is 0.316 e. The first-order valence-corrected chi connectivity index (χ1v) is 8.01. The summed E-state index contributed by atoms with van der Waals surface area (Å²) in [6.07, 6.45) is 0.969. The van der Waals surface area contributed by atoms with Crippen molar-refractivity contribution in [1.82, 2.24) is 5.32 Å². The van der Waals surface area contributed by atoms with Gasteiger partial charge in [-0.2, -0.15) is 0 Å². The van der Waals surface area contributed by atoms with Crippen molar-refractivity contribution >= 4 is 11.6 Å². The third kappa shape index (κ3) is 4.33. The van der Waals surface area contributed by atoms with Crippen LogP contribution in [0.5, 0.6) is 0 Å². The second-order valence-electron chi connectivity index (χ2n) is 5.66. The fourth-order valence-electron chi connectivity index (χ4n) is 2.74. The van der Waals surface area contributed by atoms with E-state index in [0.717, 1.165) is 24.5 Å². The van der Waals surface area contributed by atoms with Gasteiger partial charge in [-0.3, -0.25) is 0 Å². The Morgan fingerprint density at radius 1 is 1.10 bits per heavy atom. The fraction of sp³-hybridized carbons (Fsp3) is 0.368. The monoisotopic (exact) mass is 301 g/mol. The summed E-state index contributed by atoms with van der Waals surface area (Å²) in [5.74, 6) is 0.450.